The second kappa shape index (κ2) is 8.70. The molecule has 31 heavy (non-hydrogen) atoms. The average molecular weight is 473 g/mol. The number of aryl methyl sites for hydroxylation is 1. The number of nitrogens with one attached hydrogen (secondary N) is 1. The van der Waals surface area contributed by atoms with Gasteiger partial charge in [0.05, 0.1) is 5.69 Å². The molecule has 2 aromatic heterocycles. The molecule has 0 aliphatic carbocycles. The van der Waals surface area contributed by atoms with E-state index >= 15 is 0 Å². The lowest BCUT2D eigenvalue weighted by Crippen LogP contribution is -2.40. The molecule has 1 N–H and O–H groups in total. The number of hydrogen-bond acceptors (Lipinski definition) is 6. The van der Waals surface area contributed by atoms with Gasteiger partial charge in [-0.1, -0.05) is 47.1 Å². The van der Waals surface area contributed by atoms with Crippen LogP contribution in [0, 0.1) is 6.92 Å². The number of carbonyl (C=O) groups excluding carboxylic acids is 1. The van der Waals surface area contributed by atoms with Crippen LogP contribution in [-0.4, -0.2) is 26.3 Å². The number of amides is 1. The minimum Gasteiger partial charge on any atom is -0.324 e. The topological polar surface area (TPSA) is 86.0 Å². The van der Waals surface area contributed by atoms with Crippen LogP contribution in [0.5, 0.6) is 0 Å². The largest absolute Gasteiger partial charge is 0.337 e. The number of carbonyl (C=O) groups is 1. The van der Waals surface area contributed by atoms with Crippen molar-refractivity contribution in [1.82, 2.24) is 14.1 Å². The lowest BCUT2D eigenvalue weighted by atomic mass is 10.2. The van der Waals surface area contributed by atoms with Crippen molar-refractivity contribution >= 4 is 56.6 Å². The Bertz CT molecular complexity index is 1410. The molecule has 0 unspecified atom stereocenters. The van der Waals surface area contributed by atoms with E-state index in [2.05, 4.69) is 10.3 Å². The predicted molar refractivity (Wildman–Crippen MR) is 126 cm³/mol. The molecule has 10 heteroatoms. The average Bonchev–Trinajstić information content (AvgIpc) is 3.17. The second-order valence-corrected chi connectivity index (χ2v) is 9.23. The first kappa shape index (κ1) is 21.4. The van der Waals surface area contributed by atoms with Crippen molar-refractivity contribution in [3.05, 3.63) is 80.0 Å². The number of anilines is 1. The minimum absolute atomic E-state index is 0.203. The molecule has 1 amide bonds. The van der Waals surface area contributed by atoms with Crippen molar-refractivity contribution in [3.63, 3.8) is 0 Å². The van der Waals surface area contributed by atoms with Gasteiger partial charge in [0.25, 0.3) is 5.56 Å². The van der Waals surface area contributed by atoms with Crippen LogP contribution in [0.4, 0.5) is 5.69 Å². The molecule has 158 valence electrons. The monoisotopic (exact) mass is 472 g/mol. The smallest absolute Gasteiger partial charge is 0.324 e. The number of thioether (sulfide) groups is 1. The first-order valence-electron chi connectivity index (χ1n) is 9.20. The SMILES string of the molecule is CSc1nc2c(s1)c(=O)n(-c1ccc(C)cc1)c(=O)n2CC(=O)Nc1cccc(Cl)c1. The zero-order chi connectivity index (χ0) is 22.1. The van der Waals surface area contributed by atoms with Crippen LogP contribution in [-0.2, 0) is 11.3 Å². The van der Waals surface area contributed by atoms with Gasteiger partial charge in [-0.25, -0.2) is 14.3 Å². The third-order valence-electron chi connectivity index (χ3n) is 4.54. The van der Waals surface area contributed by atoms with Gasteiger partial charge in [0.15, 0.2) is 9.99 Å². The Hall–Kier alpha value is -2.88. The maximum absolute atomic E-state index is 13.3. The molecule has 0 radical (unpaired) electrons. The van der Waals surface area contributed by atoms with E-state index in [1.165, 1.54) is 27.7 Å². The third kappa shape index (κ3) is 4.30. The van der Waals surface area contributed by atoms with Crippen LogP contribution in [0.2, 0.25) is 5.02 Å². The summed E-state index contributed by atoms with van der Waals surface area (Å²) in [7, 11) is 0. The fraction of sp³-hybridized carbons (Fsp3) is 0.143. The number of benzene rings is 2. The maximum atomic E-state index is 13.3. The molecule has 0 saturated heterocycles. The van der Waals surface area contributed by atoms with Gasteiger partial charge in [0.2, 0.25) is 5.91 Å². The van der Waals surface area contributed by atoms with Crippen molar-refractivity contribution in [2.24, 2.45) is 0 Å². The molecular weight excluding hydrogens is 456 g/mol. The molecule has 0 saturated carbocycles. The first-order chi connectivity index (χ1) is 14.9. The molecule has 4 aromatic rings. The zero-order valence-electron chi connectivity index (χ0n) is 16.6. The molecule has 2 aromatic carbocycles. The van der Waals surface area contributed by atoms with Gasteiger partial charge < -0.3 is 5.32 Å². The Kier molecular flexibility index (Phi) is 5.99. The molecule has 0 bridgehead atoms. The van der Waals surface area contributed by atoms with Crippen molar-refractivity contribution in [1.29, 1.82) is 0 Å². The lowest BCUT2D eigenvalue weighted by molar-refractivity contribution is -0.116. The summed E-state index contributed by atoms with van der Waals surface area (Å²) >= 11 is 8.55. The molecule has 0 spiro atoms. The highest BCUT2D eigenvalue weighted by Crippen LogP contribution is 2.25. The molecule has 4 rings (SSSR count). The van der Waals surface area contributed by atoms with Crippen molar-refractivity contribution in [3.8, 4) is 5.69 Å². The number of fused-ring (bicyclic) bond motifs is 1. The molecule has 0 atom stereocenters. The van der Waals surface area contributed by atoms with Crippen LogP contribution in [0.15, 0.2) is 62.5 Å². The standard InChI is InChI=1S/C21H17ClN4O3S2/c1-12-6-8-15(9-7-12)26-19(28)17-18(24-20(30-2)31-17)25(21(26)29)11-16(27)23-14-5-3-4-13(22)10-14/h3-10H,11H2,1-2H3,(H,23,27). The summed E-state index contributed by atoms with van der Waals surface area (Å²) in [5, 5.41) is 3.21. The summed E-state index contributed by atoms with van der Waals surface area (Å²) in [6, 6.07) is 13.8. The van der Waals surface area contributed by atoms with Crippen molar-refractivity contribution in [2.75, 3.05) is 11.6 Å². The highest BCUT2D eigenvalue weighted by Gasteiger charge is 2.20. The van der Waals surface area contributed by atoms with Gasteiger partial charge in [-0.2, -0.15) is 0 Å². The maximum Gasteiger partial charge on any atom is 0.337 e. The molecule has 2 heterocycles. The normalized spacial score (nSPS) is 11.1. The van der Waals surface area contributed by atoms with Crippen LogP contribution < -0.4 is 16.6 Å². The van der Waals surface area contributed by atoms with E-state index in [0.717, 1.165) is 10.1 Å². The second-order valence-electron chi connectivity index (χ2n) is 6.74. The molecule has 0 aliphatic heterocycles. The van der Waals surface area contributed by atoms with Gasteiger partial charge >= 0.3 is 5.69 Å². The van der Waals surface area contributed by atoms with Gasteiger partial charge in [-0.3, -0.25) is 14.2 Å². The van der Waals surface area contributed by atoms with Crippen molar-refractivity contribution in [2.45, 2.75) is 17.8 Å². The van der Waals surface area contributed by atoms with E-state index in [-0.39, 0.29) is 12.2 Å². The summed E-state index contributed by atoms with van der Waals surface area (Å²) in [6.07, 6.45) is 1.84. The van der Waals surface area contributed by atoms with E-state index in [1.54, 1.807) is 36.4 Å². The number of thiazole rings is 1. The fourth-order valence-electron chi connectivity index (χ4n) is 3.08. The Morgan fingerprint density at radius 3 is 2.61 bits per heavy atom. The summed E-state index contributed by atoms with van der Waals surface area (Å²) in [4.78, 5) is 43.6. The quantitative estimate of drug-likeness (QED) is 0.445. The van der Waals surface area contributed by atoms with E-state index in [9.17, 15) is 14.4 Å². The summed E-state index contributed by atoms with van der Waals surface area (Å²) in [5.74, 6) is -0.432. The number of halogens is 1. The highest BCUT2D eigenvalue weighted by molar-refractivity contribution is 8.00. The number of aromatic nitrogens is 3. The molecule has 7 nitrogen and oxygen atoms in total. The number of nitrogens with zero attached hydrogens (tertiary/aromatic N) is 3. The zero-order valence-corrected chi connectivity index (χ0v) is 19.0. The lowest BCUT2D eigenvalue weighted by Gasteiger charge is -2.12. The van der Waals surface area contributed by atoms with E-state index < -0.39 is 17.2 Å². The summed E-state index contributed by atoms with van der Waals surface area (Å²) in [6.45, 7) is 1.62. The first-order valence-corrected chi connectivity index (χ1v) is 11.6. The van der Waals surface area contributed by atoms with E-state index in [1.807, 2.05) is 25.3 Å². The summed E-state index contributed by atoms with van der Waals surface area (Å²) < 4.78 is 3.26. The van der Waals surface area contributed by atoms with Gasteiger partial charge in [-0.15, -0.1) is 11.3 Å². The van der Waals surface area contributed by atoms with Gasteiger partial charge in [-0.05, 0) is 43.5 Å². The Balaban J connectivity index is 1.84. The predicted octanol–water partition coefficient (Wildman–Crippen LogP) is 3.93. The number of hydrogen-bond donors (Lipinski definition) is 1. The Morgan fingerprint density at radius 2 is 1.94 bits per heavy atom. The van der Waals surface area contributed by atoms with Crippen LogP contribution in [0.1, 0.15) is 5.56 Å². The highest BCUT2D eigenvalue weighted by atomic mass is 35.5. The molecule has 0 aliphatic rings. The third-order valence-corrected chi connectivity index (χ3v) is 6.79. The van der Waals surface area contributed by atoms with E-state index in [4.69, 9.17) is 11.6 Å². The fourth-order valence-corrected chi connectivity index (χ4v) is 4.76. The minimum atomic E-state index is -0.624. The Labute approximate surface area is 190 Å². The van der Waals surface area contributed by atoms with Gasteiger partial charge in [0, 0.05) is 10.7 Å². The van der Waals surface area contributed by atoms with Gasteiger partial charge in [0.1, 0.15) is 11.2 Å². The van der Waals surface area contributed by atoms with Crippen LogP contribution in [0.3, 0.4) is 0 Å². The van der Waals surface area contributed by atoms with Crippen molar-refractivity contribution < 1.29 is 4.79 Å². The summed E-state index contributed by atoms with van der Waals surface area (Å²) in [5.41, 5.74) is 1.08. The molecule has 0 fully saturated rings. The van der Waals surface area contributed by atoms with Crippen LogP contribution in [0.25, 0.3) is 16.0 Å². The molecular formula is C21H17ClN4O3S2. The Morgan fingerprint density at radius 1 is 1.19 bits per heavy atom. The van der Waals surface area contributed by atoms with E-state index in [0.29, 0.717) is 25.4 Å². The van der Waals surface area contributed by atoms with Crippen LogP contribution >= 0.6 is 34.7 Å². The number of rotatable bonds is 5.